The van der Waals surface area contributed by atoms with Crippen molar-refractivity contribution in [3.8, 4) is 0 Å². The lowest BCUT2D eigenvalue weighted by molar-refractivity contribution is -0.384. The summed E-state index contributed by atoms with van der Waals surface area (Å²) in [6.07, 6.45) is 2.92. The maximum Gasteiger partial charge on any atom is 0.269 e. The first-order chi connectivity index (χ1) is 8.41. The maximum atomic E-state index is 12.1. The number of hydrogen-bond donors (Lipinski definition) is 0. The summed E-state index contributed by atoms with van der Waals surface area (Å²) in [6, 6.07) is 6.46. The molecule has 0 saturated carbocycles. The fourth-order valence-corrected chi connectivity index (χ4v) is 2.74. The van der Waals surface area contributed by atoms with Crippen LogP contribution >= 0.6 is 0 Å². The molecule has 2 aromatic rings. The fraction of sp³-hybridized carbons (Fsp3) is 0.0909. The van der Waals surface area contributed by atoms with E-state index in [9.17, 15) is 18.5 Å². The number of benzene rings is 1. The van der Waals surface area contributed by atoms with Gasteiger partial charge in [-0.25, -0.2) is 12.4 Å². The van der Waals surface area contributed by atoms with Crippen LogP contribution < -0.4 is 0 Å². The molecule has 18 heavy (non-hydrogen) atoms. The number of aryl methyl sites for hydroxylation is 1. The van der Waals surface area contributed by atoms with E-state index < -0.39 is 14.9 Å². The molecule has 0 radical (unpaired) electrons. The highest BCUT2D eigenvalue weighted by molar-refractivity contribution is 7.90. The molecule has 0 saturated heterocycles. The van der Waals surface area contributed by atoms with Gasteiger partial charge in [0.15, 0.2) is 0 Å². The van der Waals surface area contributed by atoms with Crippen molar-refractivity contribution in [2.45, 2.75) is 11.8 Å². The van der Waals surface area contributed by atoms with Gasteiger partial charge in [-0.05, 0) is 30.7 Å². The van der Waals surface area contributed by atoms with E-state index in [1.165, 1.54) is 36.7 Å². The normalized spacial score (nSPS) is 11.4. The van der Waals surface area contributed by atoms with E-state index in [2.05, 4.69) is 0 Å². The Morgan fingerprint density at radius 2 is 1.78 bits per heavy atom. The first kappa shape index (κ1) is 12.3. The second-order valence-electron chi connectivity index (χ2n) is 3.77. The Labute approximate surface area is 104 Å². The Kier molecular flexibility index (Phi) is 2.92. The molecule has 1 aromatic heterocycles. The molecule has 0 N–H and O–H groups in total. The summed E-state index contributed by atoms with van der Waals surface area (Å²) in [7, 11) is -3.67. The molecule has 0 aliphatic carbocycles. The summed E-state index contributed by atoms with van der Waals surface area (Å²) < 4.78 is 25.3. The number of nitro groups is 1. The zero-order valence-electron chi connectivity index (χ0n) is 9.48. The molecule has 0 fully saturated rings. The largest absolute Gasteiger partial charge is 0.269 e. The van der Waals surface area contributed by atoms with Crippen molar-refractivity contribution in [1.82, 2.24) is 3.97 Å². The van der Waals surface area contributed by atoms with Gasteiger partial charge in [0.2, 0.25) is 0 Å². The Morgan fingerprint density at radius 3 is 2.22 bits per heavy atom. The summed E-state index contributed by atoms with van der Waals surface area (Å²) in [5, 5.41) is 10.5. The summed E-state index contributed by atoms with van der Waals surface area (Å²) in [4.78, 5) is 9.93. The van der Waals surface area contributed by atoms with Gasteiger partial charge in [0.25, 0.3) is 15.7 Å². The molecular weight excluding hydrogens is 256 g/mol. The Bertz CT molecular complexity index is 686. The molecule has 7 heteroatoms. The minimum Gasteiger partial charge on any atom is -0.258 e. The molecule has 0 unspecified atom stereocenters. The van der Waals surface area contributed by atoms with Crippen LogP contribution in [0.4, 0.5) is 5.69 Å². The third-order valence-corrected chi connectivity index (χ3v) is 4.09. The van der Waals surface area contributed by atoms with Gasteiger partial charge in [-0.1, -0.05) is 0 Å². The van der Waals surface area contributed by atoms with Gasteiger partial charge in [0.05, 0.1) is 9.82 Å². The number of nitrogens with zero attached hydrogens (tertiary/aromatic N) is 2. The number of rotatable bonds is 3. The molecule has 2 rings (SSSR count). The van der Waals surface area contributed by atoms with Gasteiger partial charge in [-0.15, -0.1) is 0 Å². The van der Waals surface area contributed by atoms with Crippen LogP contribution in [-0.4, -0.2) is 17.3 Å². The zero-order chi connectivity index (χ0) is 13.3. The molecular formula is C11H10N2O4S. The van der Waals surface area contributed by atoms with Crippen molar-refractivity contribution in [3.05, 3.63) is 58.4 Å². The van der Waals surface area contributed by atoms with Crippen molar-refractivity contribution in [3.63, 3.8) is 0 Å². The van der Waals surface area contributed by atoms with Crippen LogP contribution in [-0.2, 0) is 10.0 Å². The van der Waals surface area contributed by atoms with Crippen molar-refractivity contribution in [1.29, 1.82) is 0 Å². The Balaban J connectivity index is 2.45. The van der Waals surface area contributed by atoms with Crippen LogP contribution in [0.3, 0.4) is 0 Å². The van der Waals surface area contributed by atoms with Gasteiger partial charge in [0.1, 0.15) is 0 Å². The van der Waals surface area contributed by atoms with Crippen molar-refractivity contribution >= 4 is 15.7 Å². The fourth-order valence-electron chi connectivity index (χ4n) is 1.49. The molecule has 0 atom stereocenters. The van der Waals surface area contributed by atoms with Crippen molar-refractivity contribution in [2.75, 3.05) is 0 Å². The molecule has 94 valence electrons. The smallest absolute Gasteiger partial charge is 0.258 e. The maximum absolute atomic E-state index is 12.1. The highest BCUT2D eigenvalue weighted by Crippen LogP contribution is 2.18. The van der Waals surface area contributed by atoms with Gasteiger partial charge < -0.3 is 0 Å². The molecule has 1 aromatic carbocycles. The average Bonchev–Trinajstić information content (AvgIpc) is 2.76. The quantitative estimate of drug-likeness (QED) is 0.628. The monoisotopic (exact) mass is 266 g/mol. The summed E-state index contributed by atoms with van der Waals surface area (Å²) >= 11 is 0. The third-order valence-electron chi connectivity index (χ3n) is 2.44. The van der Waals surface area contributed by atoms with Gasteiger partial charge in [0, 0.05) is 24.5 Å². The molecule has 0 bridgehead atoms. The molecule has 1 heterocycles. The third kappa shape index (κ3) is 2.12. The SMILES string of the molecule is Cc1ccn(S(=O)(=O)c2ccc([N+](=O)[O-])cc2)c1. The summed E-state index contributed by atoms with van der Waals surface area (Å²) in [6.45, 7) is 1.78. The number of hydrogen-bond acceptors (Lipinski definition) is 4. The molecule has 0 aliphatic heterocycles. The second kappa shape index (κ2) is 4.26. The molecule has 0 aliphatic rings. The molecule has 0 amide bonds. The van der Waals surface area contributed by atoms with Crippen LogP contribution in [0.15, 0.2) is 47.6 Å². The number of nitro benzene ring substituents is 1. The average molecular weight is 266 g/mol. The Morgan fingerprint density at radius 1 is 1.17 bits per heavy atom. The van der Waals surface area contributed by atoms with E-state index in [4.69, 9.17) is 0 Å². The van der Waals surface area contributed by atoms with Crippen molar-refractivity contribution in [2.24, 2.45) is 0 Å². The standard InChI is InChI=1S/C11H10N2O4S/c1-9-6-7-12(8-9)18(16,17)11-4-2-10(3-5-11)13(14)15/h2-8H,1H3. The second-order valence-corrected chi connectivity index (χ2v) is 5.62. The first-order valence-corrected chi connectivity index (χ1v) is 6.50. The minimum absolute atomic E-state index is 0.0173. The van der Waals surface area contributed by atoms with E-state index in [-0.39, 0.29) is 10.6 Å². The first-order valence-electron chi connectivity index (χ1n) is 5.06. The van der Waals surface area contributed by atoms with Crippen LogP contribution in [0.5, 0.6) is 0 Å². The minimum atomic E-state index is -3.67. The highest BCUT2D eigenvalue weighted by atomic mass is 32.2. The number of non-ortho nitro benzene ring substituents is 1. The zero-order valence-corrected chi connectivity index (χ0v) is 10.3. The van der Waals surface area contributed by atoms with Crippen LogP contribution in [0.1, 0.15) is 5.56 Å². The predicted molar refractivity (Wildman–Crippen MR) is 64.8 cm³/mol. The van der Waals surface area contributed by atoms with E-state index >= 15 is 0 Å². The van der Waals surface area contributed by atoms with Gasteiger partial charge in [-0.2, -0.15) is 0 Å². The predicted octanol–water partition coefficient (Wildman–Crippen LogP) is 1.94. The van der Waals surface area contributed by atoms with Crippen LogP contribution in [0.25, 0.3) is 0 Å². The Hall–Kier alpha value is -2.15. The summed E-state index contributed by atoms with van der Waals surface area (Å²) in [5.41, 5.74) is 0.679. The van der Waals surface area contributed by atoms with Crippen LogP contribution in [0.2, 0.25) is 0 Å². The van der Waals surface area contributed by atoms with Gasteiger partial charge >= 0.3 is 0 Å². The van der Waals surface area contributed by atoms with Gasteiger partial charge in [-0.3, -0.25) is 10.1 Å². The van der Waals surface area contributed by atoms with E-state index in [0.29, 0.717) is 0 Å². The molecule has 0 spiro atoms. The number of aromatic nitrogens is 1. The van der Waals surface area contributed by atoms with Crippen molar-refractivity contribution < 1.29 is 13.3 Å². The summed E-state index contributed by atoms with van der Waals surface area (Å²) in [5.74, 6) is 0. The van der Waals surface area contributed by atoms with E-state index in [1.54, 1.807) is 13.0 Å². The van der Waals surface area contributed by atoms with E-state index in [0.717, 1.165) is 9.54 Å². The van der Waals surface area contributed by atoms with E-state index in [1.807, 2.05) is 0 Å². The molecule has 6 nitrogen and oxygen atoms in total. The topological polar surface area (TPSA) is 82.2 Å². The van der Waals surface area contributed by atoms with Crippen LogP contribution in [0, 0.1) is 17.0 Å². The lowest BCUT2D eigenvalue weighted by Gasteiger charge is -2.04. The lowest BCUT2D eigenvalue weighted by Crippen LogP contribution is -2.10. The highest BCUT2D eigenvalue weighted by Gasteiger charge is 2.17. The lowest BCUT2D eigenvalue weighted by atomic mass is 10.3.